The standard InChI is InChI=1S/C69H59N5/c1-67(2,3)43-35-51-52-36-45(69(7,8)9)40-57(72(48-29-18-12-19-30-48)49-31-20-13-21-32-49)64(52)73-58-41-70-66-61(60(58)54(38-43)62(51)73)55-39-44(68(4,5)6)37-53-59-50-33-23-22-24-42(50)34-56(65(59)74(66)63(53)55)71(46-25-14-10-15-26-46)47-27-16-11-17-28-47/h10-41H,1-9H3. The summed E-state index contributed by atoms with van der Waals surface area (Å²) in [7, 11) is 0. The fourth-order valence-corrected chi connectivity index (χ4v) is 12.2. The lowest BCUT2D eigenvalue weighted by molar-refractivity contribution is 0.591. The summed E-state index contributed by atoms with van der Waals surface area (Å²) in [6.07, 6.45) is 2.20. The molecule has 0 N–H and O–H groups in total. The fraction of sp³-hybridized carbons (Fsp3) is 0.174. The van der Waals surface area contributed by atoms with Gasteiger partial charge in [-0.2, -0.15) is 0 Å². The Morgan fingerprint density at radius 3 is 1.23 bits per heavy atom. The van der Waals surface area contributed by atoms with Gasteiger partial charge in [0.1, 0.15) is 5.65 Å². The van der Waals surface area contributed by atoms with Crippen LogP contribution in [-0.2, 0) is 16.2 Å². The molecule has 0 aliphatic heterocycles. The largest absolute Gasteiger partial charge is 0.308 e. The number of anilines is 6. The molecule has 9 aromatic carbocycles. The summed E-state index contributed by atoms with van der Waals surface area (Å²) in [5.74, 6) is 0. The van der Waals surface area contributed by atoms with Crippen LogP contribution >= 0.6 is 0 Å². The molecule has 5 nitrogen and oxygen atoms in total. The zero-order chi connectivity index (χ0) is 50.6. The van der Waals surface area contributed by atoms with Crippen LogP contribution in [0, 0.1) is 0 Å². The Morgan fingerprint density at radius 1 is 0.338 bits per heavy atom. The first-order valence-corrected chi connectivity index (χ1v) is 26.2. The summed E-state index contributed by atoms with van der Waals surface area (Å²) in [5.41, 5.74) is 17.1. The molecular weight excluding hydrogens is 899 g/mol. The van der Waals surface area contributed by atoms with E-state index < -0.39 is 0 Å². The van der Waals surface area contributed by atoms with Crippen LogP contribution in [-0.4, -0.2) is 13.8 Å². The van der Waals surface area contributed by atoms with Crippen LogP contribution in [0.3, 0.4) is 0 Å². The molecule has 0 unspecified atom stereocenters. The van der Waals surface area contributed by atoms with Crippen molar-refractivity contribution >= 4 is 121 Å². The lowest BCUT2D eigenvalue weighted by Gasteiger charge is -2.29. The van der Waals surface area contributed by atoms with Gasteiger partial charge in [0.05, 0.1) is 45.2 Å². The van der Waals surface area contributed by atoms with Crippen molar-refractivity contribution in [3.05, 3.63) is 211 Å². The number of hydrogen-bond acceptors (Lipinski definition) is 3. The predicted molar refractivity (Wildman–Crippen MR) is 317 cm³/mol. The number of pyridine rings is 1. The zero-order valence-electron chi connectivity index (χ0n) is 43.7. The molecule has 14 aromatic rings. The smallest absolute Gasteiger partial charge is 0.146 e. The number of rotatable bonds is 6. The molecule has 0 aliphatic rings. The van der Waals surface area contributed by atoms with E-state index >= 15 is 0 Å². The number of nitrogens with zero attached hydrogens (tertiary/aromatic N) is 5. The highest BCUT2D eigenvalue weighted by molar-refractivity contribution is 6.37. The lowest BCUT2D eigenvalue weighted by atomic mass is 9.83. The molecule has 0 atom stereocenters. The molecule has 0 bridgehead atoms. The van der Waals surface area contributed by atoms with Crippen LogP contribution in [0.25, 0.3) is 87.1 Å². The summed E-state index contributed by atoms with van der Waals surface area (Å²) in [5, 5.41) is 12.4. The zero-order valence-corrected chi connectivity index (χ0v) is 43.7. The van der Waals surface area contributed by atoms with E-state index in [2.05, 4.69) is 275 Å². The van der Waals surface area contributed by atoms with E-state index in [0.717, 1.165) is 50.8 Å². The van der Waals surface area contributed by atoms with E-state index in [0.29, 0.717) is 0 Å². The van der Waals surface area contributed by atoms with Crippen molar-refractivity contribution < 1.29 is 0 Å². The maximum Gasteiger partial charge on any atom is 0.146 e. The number of aromatic nitrogens is 3. The van der Waals surface area contributed by atoms with Gasteiger partial charge < -0.3 is 14.2 Å². The van der Waals surface area contributed by atoms with Gasteiger partial charge in [-0.25, -0.2) is 4.98 Å². The monoisotopic (exact) mass is 957 g/mol. The first-order chi connectivity index (χ1) is 35.6. The van der Waals surface area contributed by atoms with Gasteiger partial charge in [-0.1, -0.05) is 159 Å². The molecule has 0 saturated heterocycles. The van der Waals surface area contributed by atoms with E-state index in [1.165, 1.54) is 87.1 Å². The third-order valence-corrected chi connectivity index (χ3v) is 15.9. The van der Waals surface area contributed by atoms with Crippen LogP contribution in [0.5, 0.6) is 0 Å². The van der Waals surface area contributed by atoms with Gasteiger partial charge in [-0.05, 0) is 135 Å². The molecule has 5 aromatic heterocycles. The molecule has 0 spiro atoms. The summed E-state index contributed by atoms with van der Waals surface area (Å²) in [6.45, 7) is 21.2. The van der Waals surface area contributed by atoms with Gasteiger partial charge in [0.25, 0.3) is 0 Å². The van der Waals surface area contributed by atoms with Gasteiger partial charge in [0.2, 0.25) is 0 Å². The number of para-hydroxylation sites is 4. The van der Waals surface area contributed by atoms with Crippen molar-refractivity contribution in [3.63, 3.8) is 0 Å². The second kappa shape index (κ2) is 15.6. The Morgan fingerprint density at radius 2 is 0.730 bits per heavy atom. The van der Waals surface area contributed by atoms with Crippen LogP contribution in [0.4, 0.5) is 34.1 Å². The highest BCUT2D eigenvalue weighted by atomic mass is 15.2. The van der Waals surface area contributed by atoms with Crippen LogP contribution in [0.15, 0.2) is 194 Å². The number of hydrogen-bond donors (Lipinski definition) is 0. The Bertz CT molecular complexity index is 4430. The fourth-order valence-electron chi connectivity index (χ4n) is 12.2. The minimum atomic E-state index is -0.139. The van der Waals surface area contributed by atoms with Crippen molar-refractivity contribution in [2.75, 3.05) is 9.80 Å². The molecule has 360 valence electrons. The first kappa shape index (κ1) is 44.3. The Hall–Kier alpha value is -8.41. The highest BCUT2D eigenvalue weighted by Gasteiger charge is 2.33. The van der Waals surface area contributed by atoms with E-state index in [-0.39, 0.29) is 16.2 Å². The Balaban J connectivity index is 1.22. The van der Waals surface area contributed by atoms with Crippen molar-refractivity contribution in [3.8, 4) is 0 Å². The van der Waals surface area contributed by atoms with Crippen molar-refractivity contribution in [1.29, 1.82) is 0 Å². The molecule has 0 aliphatic carbocycles. The Kier molecular flexibility index (Phi) is 9.31. The van der Waals surface area contributed by atoms with Gasteiger partial charge in [0.15, 0.2) is 0 Å². The molecule has 74 heavy (non-hydrogen) atoms. The minimum absolute atomic E-state index is 0.119. The van der Waals surface area contributed by atoms with Crippen molar-refractivity contribution in [1.82, 2.24) is 13.8 Å². The van der Waals surface area contributed by atoms with Crippen LogP contribution < -0.4 is 9.80 Å². The van der Waals surface area contributed by atoms with E-state index in [9.17, 15) is 0 Å². The van der Waals surface area contributed by atoms with Gasteiger partial charge in [0, 0.05) is 65.8 Å². The van der Waals surface area contributed by atoms with Gasteiger partial charge in [-0.15, -0.1) is 0 Å². The maximum atomic E-state index is 5.80. The second-order valence-electron chi connectivity index (χ2n) is 23.7. The molecule has 0 amide bonds. The normalized spacial score (nSPS) is 12.9. The second-order valence-corrected chi connectivity index (χ2v) is 23.7. The SMILES string of the molecule is CC(C)(C)c1cc(N(c2ccccc2)c2ccccc2)c2c(c1)c1cc(C(C)(C)C)cc3c4c5c6cc(C(C)(C)C)cc7c8c9ccccc9cc(N(c9ccccc9)c9ccccc9)c8n(c5ncc4n2c13)c67. The topological polar surface area (TPSA) is 28.2 Å². The number of fused-ring (bicyclic) bond motifs is 15. The number of benzene rings is 9. The van der Waals surface area contributed by atoms with Crippen molar-refractivity contribution in [2.45, 2.75) is 78.6 Å². The van der Waals surface area contributed by atoms with E-state index in [1.807, 2.05) is 0 Å². The average Bonchev–Trinajstić information content (AvgIpc) is 4.24. The van der Waals surface area contributed by atoms with Gasteiger partial charge >= 0.3 is 0 Å². The summed E-state index contributed by atoms with van der Waals surface area (Å²) >= 11 is 0. The van der Waals surface area contributed by atoms with E-state index in [1.54, 1.807) is 0 Å². The van der Waals surface area contributed by atoms with E-state index in [4.69, 9.17) is 4.98 Å². The first-order valence-electron chi connectivity index (χ1n) is 26.2. The molecular formula is C69H59N5. The summed E-state index contributed by atoms with van der Waals surface area (Å²) < 4.78 is 5.12. The molecule has 14 rings (SSSR count). The Labute approximate surface area is 432 Å². The highest BCUT2D eigenvalue weighted by Crippen LogP contribution is 2.54. The third kappa shape index (κ3) is 6.38. The average molecular weight is 958 g/mol. The summed E-state index contributed by atoms with van der Waals surface area (Å²) in [6, 6.07) is 69.8. The molecule has 5 heterocycles. The lowest BCUT2D eigenvalue weighted by Crippen LogP contribution is -2.15. The summed E-state index contributed by atoms with van der Waals surface area (Å²) in [4.78, 5) is 10.7. The quantitative estimate of drug-likeness (QED) is 0.166. The molecule has 0 saturated carbocycles. The predicted octanol–water partition coefficient (Wildman–Crippen LogP) is 19.4. The van der Waals surface area contributed by atoms with Crippen LogP contribution in [0.1, 0.15) is 79.0 Å². The van der Waals surface area contributed by atoms with Gasteiger partial charge in [-0.3, -0.25) is 4.40 Å². The van der Waals surface area contributed by atoms with Crippen molar-refractivity contribution in [2.24, 2.45) is 0 Å². The molecule has 0 radical (unpaired) electrons. The molecule has 5 heteroatoms. The maximum absolute atomic E-state index is 5.80. The molecule has 0 fully saturated rings. The minimum Gasteiger partial charge on any atom is -0.308 e. The van der Waals surface area contributed by atoms with Crippen LogP contribution in [0.2, 0.25) is 0 Å². The third-order valence-electron chi connectivity index (χ3n) is 15.9.